The molecule has 2 rings (SSSR count). The van der Waals surface area contributed by atoms with Crippen molar-refractivity contribution in [1.82, 2.24) is 4.98 Å². The van der Waals surface area contributed by atoms with Gasteiger partial charge in [0.1, 0.15) is 0 Å². The Hall–Kier alpha value is -2.04. The van der Waals surface area contributed by atoms with Crippen LogP contribution in [0.4, 0.5) is 18.9 Å². The van der Waals surface area contributed by atoms with Crippen molar-refractivity contribution in [2.24, 2.45) is 0 Å². The molecule has 0 bridgehead atoms. The Bertz CT molecular complexity index is 577. The van der Waals surface area contributed by atoms with Gasteiger partial charge < -0.3 is 5.73 Å². The highest BCUT2D eigenvalue weighted by Crippen LogP contribution is 2.36. The first-order valence-corrected chi connectivity index (χ1v) is 5.28. The highest BCUT2D eigenvalue weighted by Gasteiger charge is 2.33. The lowest BCUT2D eigenvalue weighted by atomic mass is 10.0. The molecule has 5 heteroatoms. The second-order valence-electron chi connectivity index (χ2n) is 3.97. The number of hydrogen-bond donors (Lipinski definition) is 1. The molecule has 0 saturated heterocycles. The quantitative estimate of drug-likeness (QED) is 0.841. The fraction of sp³-hybridized carbons (Fsp3) is 0.154. The second kappa shape index (κ2) is 4.33. The monoisotopic (exact) mass is 252 g/mol. The maximum atomic E-state index is 12.9. The summed E-state index contributed by atoms with van der Waals surface area (Å²) in [5.41, 5.74) is 6.42. The van der Waals surface area contributed by atoms with Crippen LogP contribution in [0.25, 0.3) is 11.3 Å². The van der Waals surface area contributed by atoms with E-state index in [9.17, 15) is 13.2 Å². The molecule has 0 fully saturated rings. The van der Waals surface area contributed by atoms with Gasteiger partial charge >= 0.3 is 6.18 Å². The number of benzene rings is 1. The van der Waals surface area contributed by atoms with E-state index in [1.807, 2.05) is 0 Å². The largest absolute Gasteiger partial charge is 0.417 e. The Kier molecular flexibility index (Phi) is 2.98. The topological polar surface area (TPSA) is 38.9 Å². The molecular formula is C13H11F3N2. The highest BCUT2D eigenvalue weighted by molar-refractivity contribution is 5.67. The summed E-state index contributed by atoms with van der Waals surface area (Å²) in [7, 11) is 0. The lowest BCUT2D eigenvalue weighted by molar-refractivity contribution is -0.137. The maximum absolute atomic E-state index is 12.9. The molecule has 0 spiro atoms. The van der Waals surface area contributed by atoms with Crippen LogP contribution in [-0.2, 0) is 6.18 Å². The summed E-state index contributed by atoms with van der Waals surface area (Å²) in [5.74, 6) is 0. The molecule has 1 aromatic heterocycles. The minimum absolute atomic E-state index is 0.0631. The summed E-state index contributed by atoms with van der Waals surface area (Å²) in [5, 5.41) is 0. The van der Waals surface area contributed by atoms with E-state index in [0.717, 1.165) is 6.07 Å². The zero-order valence-corrected chi connectivity index (χ0v) is 9.62. The number of nitrogen functional groups attached to an aromatic ring is 1. The summed E-state index contributed by atoms with van der Waals surface area (Å²) in [6.07, 6.45) is -3.02. The van der Waals surface area contributed by atoms with Gasteiger partial charge in [-0.25, -0.2) is 0 Å². The predicted octanol–water partition coefficient (Wildman–Crippen LogP) is 3.66. The van der Waals surface area contributed by atoms with Crippen LogP contribution in [-0.4, -0.2) is 4.98 Å². The van der Waals surface area contributed by atoms with Crippen molar-refractivity contribution >= 4 is 5.69 Å². The van der Waals surface area contributed by atoms with Crippen LogP contribution in [0.3, 0.4) is 0 Å². The van der Waals surface area contributed by atoms with Crippen molar-refractivity contribution in [3.63, 3.8) is 0 Å². The van der Waals surface area contributed by atoms with Crippen molar-refractivity contribution in [2.45, 2.75) is 13.1 Å². The van der Waals surface area contributed by atoms with E-state index in [0.29, 0.717) is 11.3 Å². The van der Waals surface area contributed by atoms with E-state index >= 15 is 0 Å². The molecule has 0 aliphatic rings. The first kappa shape index (κ1) is 12.4. The number of nitrogens with zero attached hydrogens (tertiary/aromatic N) is 1. The normalized spacial score (nSPS) is 11.6. The van der Waals surface area contributed by atoms with Crippen molar-refractivity contribution < 1.29 is 13.2 Å². The van der Waals surface area contributed by atoms with Crippen LogP contribution in [0.5, 0.6) is 0 Å². The maximum Gasteiger partial charge on any atom is 0.417 e. The average Bonchev–Trinajstić information content (AvgIpc) is 2.32. The average molecular weight is 252 g/mol. The Labute approximate surface area is 102 Å². The lowest BCUT2D eigenvalue weighted by Crippen LogP contribution is -2.07. The van der Waals surface area contributed by atoms with Gasteiger partial charge in [0.2, 0.25) is 0 Å². The third-order valence-electron chi connectivity index (χ3n) is 2.66. The molecule has 0 unspecified atom stereocenters. The third kappa shape index (κ3) is 2.30. The number of nitrogens with two attached hydrogens (primary N) is 1. The van der Waals surface area contributed by atoms with Gasteiger partial charge in [0.25, 0.3) is 0 Å². The van der Waals surface area contributed by atoms with E-state index in [1.165, 1.54) is 18.3 Å². The van der Waals surface area contributed by atoms with E-state index in [4.69, 9.17) is 5.73 Å². The number of pyridine rings is 1. The van der Waals surface area contributed by atoms with Crippen LogP contribution in [0.2, 0.25) is 0 Å². The van der Waals surface area contributed by atoms with Crippen LogP contribution in [0, 0.1) is 6.92 Å². The number of hydrogen-bond acceptors (Lipinski definition) is 2. The van der Waals surface area contributed by atoms with Crippen LogP contribution < -0.4 is 5.73 Å². The molecular weight excluding hydrogens is 241 g/mol. The molecule has 0 aliphatic heterocycles. The van der Waals surface area contributed by atoms with E-state index < -0.39 is 11.7 Å². The first-order chi connectivity index (χ1) is 8.39. The Morgan fingerprint density at radius 2 is 1.83 bits per heavy atom. The molecule has 0 radical (unpaired) electrons. The van der Waals surface area contributed by atoms with Crippen molar-refractivity contribution in [3.05, 3.63) is 47.7 Å². The van der Waals surface area contributed by atoms with Gasteiger partial charge in [-0.2, -0.15) is 13.2 Å². The van der Waals surface area contributed by atoms with Gasteiger partial charge in [0.15, 0.2) is 0 Å². The van der Waals surface area contributed by atoms with Crippen molar-refractivity contribution in [3.8, 4) is 11.3 Å². The number of rotatable bonds is 1. The molecule has 2 N–H and O–H groups in total. The van der Waals surface area contributed by atoms with Crippen LogP contribution >= 0.6 is 0 Å². The summed E-state index contributed by atoms with van der Waals surface area (Å²) in [4.78, 5) is 3.96. The minimum atomic E-state index is -4.40. The zero-order chi connectivity index (χ0) is 13.3. The van der Waals surface area contributed by atoms with Crippen molar-refractivity contribution in [1.29, 1.82) is 0 Å². The SMILES string of the molecule is Cc1cc(-c2ccccc2C(F)(F)F)ncc1N. The Morgan fingerprint density at radius 1 is 1.17 bits per heavy atom. The standard InChI is InChI=1S/C13H11F3N2/c1-8-6-12(18-7-11(8)17)9-4-2-3-5-10(9)13(14,15)16/h2-7H,17H2,1H3. The number of aromatic nitrogens is 1. The van der Waals surface area contributed by atoms with Gasteiger partial charge in [0, 0.05) is 5.56 Å². The molecule has 1 aromatic carbocycles. The van der Waals surface area contributed by atoms with Crippen LogP contribution in [0.15, 0.2) is 36.5 Å². The molecule has 0 amide bonds. The molecule has 0 atom stereocenters. The smallest absolute Gasteiger partial charge is 0.397 e. The fourth-order valence-corrected chi connectivity index (χ4v) is 1.67. The highest BCUT2D eigenvalue weighted by atomic mass is 19.4. The molecule has 1 heterocycles. The summed E-state index contributed by atoms with van der Waals surface area (Å²) < 4.78 is 38.6. The predicted molar refractivity (Wildman–Crippen MR) is 63.8 cm³/mol. The van der Waals surface area contributed by atoms with Gasteiger partial charge in [-0.05, 0) is 24.6 Å². The molecule has 94 valence electrons. The number of alkyl halides is 3. The Morgan fingerprint density at radius 3 is 2.44 bits per heavy atom. The first-order valence-electron chi connectivity index (χ1n) is 5.28. The van der Waals surface area contributed by atoms with Gasteiger partial charge in [-0.1, -0.05) is 18.2 Å². The lowest BCUT2D eigenvalue weighted by Gasteiger charge is -2.12. The molecule has 2 aromatic rings. The Balaban J connectivity index is 2.61. The summed E-state index contributed by atoms with van der Waals surface area (Å²) in [6, 6.07) is 6.91. The van der Waals surface area contributed by atoms with Gasteiger partial charge in [0.05, 0.1) is 23.1 Å². The molecule has 0 aliphatic carbocycles. The number of halogens is 3. The van der Waals surface area contributed by atoms with Crippen molar-refractivity contribution in [2.75, 3.05) is 5.73 Å². The minimum Gasteiger partial charge on any atom is -0.397 e. The van der Waals surface area contributed by atoms with Crippen LogP contribution in [0.1, 0.15) is 11.1 Å². The van der Waals surface area contributed by atoms with E-state index in [-0.39, 0.29) is 11.3 Å². The van der Waals surface area contributed by atoms with Gasteiger partial charge in [-0.3, -0.25) is 4.98 Å². The van der Waals surface area contributed by atoms with Gasteiger partial charge in [-0.15, -0.1) is 0 Å². The van der Waals surface area contributed by atoms with E-state index in [1.54, 1.807) is 19.1 Å². The van der Waals surface area contributed by atoms with E-state index in [2.05, 4.69) is 4.98 Å². The second-order valence-corrected chi connectivity index (χ2v) is 3.97. The molecule has 18 heavy (non-hydrogen) atoms. The number of aryl methyl sites for hydroxylation is 1. The third-order valence-corrected chi connectivity index (χ3v) is 2.66. The number of anilines is 1. The summed E-state index contributed by atoms with van der Waals surface area (Å²) >= 11 is 0. The summed E-state index contributed by atoms with van der Waals surface area (Å²) in [6.45, 7) is 1.73. The molecule has 0 saturated carbocycles. The zero-order valence-electron chi connectivity index (χ0n) is 9.62. The fourth-order valence-electron chi connectivity index (χ4n) is 1.67. The molecule has 2 nitrogen and oxygen atoms in total.